The van der Waals surface area contributed by atoms with Crippen LogP contribution in [0.25, 0.3) is 0 Å². The minimum atomic E-state index is -1.55. The molecule has 3 heterocycles. The normalized spacial score (nSPS) is 47.8. The van der Waals surface area contributed by atoms with Gasteiger partial charge in [0.2, 0.25) is 11.8 Å². The molecule has 11 heteroatoms. The number of hydrogen-bond donors (Lipinski definition) is 7. The van der Waals surface area contributed by atoms with Gasteiger partial charge in [-0.1, -0.05) is 13.0 Å². The number of ether oxygens (including phenoxy) is 2. The van der Waals surface area contributed by atoms with Crippen molar-refractivity contribution in [2.75, 3.05) is 0 Å². The average Bonchev–Trinajstić information content (AvgIpc) is 2.93. The molecule has 0 saturated carbocycles. The maximum absolute atomic E-state index is 12.0. The van der Waals surface area contributed by atoms with Gasteiger partial charge in [-0.25, -0.2) is 0 Å². The number of aliphatic hydroxyl groups excluding tert-OH is 6. The summed E-state index contributed by atoms with van der Waals surface area (Å²) in [5.41, 5.74) is 0. The minimum absolute atomic E-state index is 0.311. The van der Waals surface area contributed by atoms with Crippen LogP contribution in [0.1, 0.15) is 13.3 Å². The fraction of sp³-hybridized carbons (Fsp3) is 0.765. The van der Waals surface area contributed by atoms with Crippen LogP contribution in [0.15, 0.2) is 12.2 Å². The molecule has 3 unspecified atom stereocenters. The third-order valence-corrected chi connectivity index (χ3v) is 5.58. The summed E-state index contributed by atoms with van der Waals surface area (Å²) in [6.07, 6.45) is -10.1. The van der Waals surface area contributed by atoms with E-state index in [4.69, 9.17) is 9.47 Å². The molecule has 0 spiro atoms. The predicted molar refractivity (Wildman–Crippen MR) is 89.1 cm³/mol. The molecule has 0 aromatic heterocycles. The first kappa shape index (κ1) is 21.3. The number of carbonyl (C=O) groups is 2. The molecule has 2 amide bonds. The fourth-order valence-electron chi connectivity index (χ4n) is 3.78. The zero-order valence-electron chi connectivity index (χ0n) is 15.0. The summed E-state index contributed by atoms with van der Waals surface area (Å²) in [6, 6.07) is 0. The summed E-state index contributed by atoms with van der Waals surface area (Å²) in [7, 11) is 0. The molecule has 3 rings (SSSR count). The van der Waals surface area contributed by atoms with Crippen LogP contribution < -0.4 is 5.32 Å². The first-order valence-corrected chi connectivity index (χ1v) is 9.04. The smallest absolute Gasteiger partial charge is 0.250 e. The molecule has 11 nitrogen and oxygen atoms in total. The Morgan fingerprint density at radius 3 is 2.36 bits per heavy atom. The highest BCUT2D eigenvalue weighted by molar-refractivity contribution is 6.05. The Morgan fingerprint density at radius 1 is 1.04 bits per heavy atom. The Bertz CT molecular complexity index is 641. The molecule has 3 aliphatic rings. The molecule has 0 aliphatic carbocycles. The third-order valence-electron chi connectivity index (χ3n) is 5.58. The quantitative estimate of drug-likeness (QED) is 0.229. The summed E-state index contributed by atoms with van der Waals surface area (Å²) in [6.45, 7) is 1.49. The van der Waals surface area contributed by atoms with Gasteiger partial charge in [-0.2, -0.15) is 0 Å². The number of aliphatic hydroxyl groups is 6. The molecule has 2 fully saturated rings. The van der Waals surface area contributed by atoms with Crippen LogP contribution in [0.2, 0.25) is 0 Å². The van der Waals surface area contributed by atoms with Crippen molar-refractivity contribution in [3.05, 3.63) is 12.2 Å². The van der Waals surface area contributed by atoms with E-state index in [0.29, 0.717) is 0 Å². The molecular formula is C17H25NO10. The predicted octanol–water partition coefficient (Wildman–Crippen LogP) is -3.87. The molecule has 0 aromatic carbocycles. The van der Waals surface area contributed by atoms with Gasteiger partial charge < -0.3 is 40.1 Å². The van der Waals surface area contributed by atoms with E-state index >= 15 is 0 Å². The maximum atomic E-state index is 12.0. The van der Waals surface area contributed by atoms with Crippen molar-refractivity contribution in [1.29, 1.82) is 0 Å². The van der Waals surface area contributed by atoms with Crippen LogP contribution in [0.3, 0.4) is 0 Å². The Hall–Kier alpha value is -1.44. The first-order chi connectivity index (χ1) is 13.1. The second kappa shape index (κ2) is 8.13. The van der Waals surface area contributed by atoms with Crippen molar-refractivity contribution in [3.8, 4) is 0 Å². The number of imide groups is 1. The molecule has 2 saturated heterocycles. The molecule has 0 radical (unpaired) electrons. The molecule has 7 N–H and O–H groups in total. The molecule has 3 aliphatic heterocycles. The average molecular weight is 403 g/mol. The van der Waals surface area contributed by atoms with Gasteiger partial charge in [0.05, 0.1) is 24.2 Å². The number of amides is 2. The third kappa shape index (κ3) is 3.84. The van der Waals surface area contributed by atoms with E-state index in [1.54, 1.807) is 0 Å². The summed E-state index contributed by atoms with van der Waals surface area (Å²) < 4.78 is 10.7. The van der Waals surface area contributed by atoms with Crippen molar-refractivity contribution in [1.82, 2.24) is 5.32 Å². The summed E-state index contributed by atoms with van der Waals surface area (Å²) in [4.78, 5) is 23.1. The topological polar surface area (TPSA) is 186 Å². The zero-order valence-corrected chi connectivity index (χ0v) is 15.0. The van der Waals surface area contributed by atoms with Crippen LogP contribution in [0, 0.1) is 11.8 Å². The van der Waals surface area contributed by atoms with Gasteiger partial charge in [0.25, 0.3) is 0 Å². The minimum Gasteiger partial charge on any atom is -0.390 e. The Balaban J connectivity index is 1.67. The number of hydrogen-bond acceptors (Lipinski definition) is 10. The van der Waals surface area contributed by atoms with E-state index < -0.39 is 78.8 Å². The SMILES string of the molecule is C[C@@H]1C(O)C(O)[C@@H](C[C@@H](O)[C@@H]2O[C@@H](C3C=CC(=O)NC3=O)[C@H](O)[C@@H]2O)O[C@H]1O. The van der Waals surface area contributed by atoms with Gasteiger partial charge in [-0.3, -0.25) is 14.9 Å². The maximum Gasteiger partial charge on any atom is 0.250 e. The van der Waals surface area contributed by atoms with Crippen LogP contribution in [0.5, 0.6) is 0 Å². The number of nitrogens with one attached hydrogen (secondary N) is 1. The molecule has 0 aromatic rings. The molecule has 11 atom stereocenters. The van der Waals surface area contributed by atoms with Crippen LogP contribution in [0.4, 0.5) is 0 Å². The second-order valence-corrected chi connectivity index (χ2v) is 7.49. The van der Waals surface area contributed by atoms with E-state index in [9.17, 15) is 40.2 Å². The summed E-state index contributed by atoms with van der Waals surface area (Å²) in [5.74, 6) is -3.09. The van der Waals surface area contributed by atoms with Crippen molar-refractivity contribution in [2.24, 2.45) is 11.8 Å². The van der Waals surface area contributed by atoms with E-state index in [1.165, 1.54) is 13.0 Å². The standard InChI is InChI=1S/C17H25NO10/c1-5-10(21)11(22)8(27-17(5)26)4-7(19)15-13(24)12(23)14(28-15)6-2-3-9(20)18-16(6)25/h2-3,5-8,10-15,17,19,21-24,26H,4H2,1H3,(H,18,20,25)/t5-,6?,7-,8-,10?,11?,12-,13+,14+,15+,17-/m1/s1. The molecular weight excluding hydrogens is 378 g/mol. The van der Waals surface area contributed by atoms with Gasteiger partial charge in [-0.05, 0) is 0 Å². The van der Waals surface area contributed by atoms with E-state index in [1.807, 2.05) is 0 Å². The van der Waals surface area contributed by atoms with E-state index in [0.717, 1.165) is 6.08 Å². The Kier molecular flexibility index (Phi) is 6.17. The largest absolute Gasteiger partial charge is 0.390 e. The van der Waals surface area contributed by atoms with Crippen LogP contribution >= 0.6 is 0 Å². The second-order valence-electron chi connectivity index (χ2n) is 7.49. The zero-order chi connectivity index (χ0) is 20.7. The highest BCUT2D eigenvalue weighted by Crippen LogP contribution is 2.33. The van der Waals surface area contributed by atoms with Crippen molar-refractivity contribution in [3.63, 3.8) is 0 Å². The molecule has 158 valence electrons. The van der Waals surface area contributed by atoms with Crippen LogP contribution in [-0.2, 0) is 19.1 Å². The van der Waals surface area contributed by atoms with Gasteiger partial charge in [0, 0.05) is 18.4 Å². The van der Waals surface area contributed by atoms with Crippen molar-refractivity contribution < 1.29 is 49.7 Å². The van der Waals surface area contributed by atoms with Gasteiger partial charge >= 0.3 is 0 Å². The van der Waals surface area contributed by atoms with Gasteiger partial charge in [0.1, 0.15) is 30.5 Å². The van der Waals surface area contributed by atoms with E-state index in [2.05, 4.69) is 5.32 Å². The highest BCUT2D eigenvalue weighted by Gasteiger charge is 2.52. The number of rotatable bonds is 4. The monoisotopic (exact) mass is 403 g/mol. The Labute approximate surface area is 160 Å². The highest BCUT2D eigenvalue weighted by atomic mass is 16.6. The van der Waals surface area contributed by atoms with Gasteiger partial charge in [-0.15, -0.1) is 0 Å². The van der Waals surface area contributed by atoms with Crippen molar-refractivity contribution in [2.45, 2.75) is 68.5 Å². The van der Waals surface area contributed by atoms with Crippen LogP contribution in [-0.4, -0.2) is 97.6 Å². The van der Waals surface area contributed by atoms with Crippen molar-refractivity contribution >= 4 is 11.8 Å². The molecule has 0 bridgehead atoms. The summed E-state index contributed by atoms with van der Waals surface area (Å²) in [5, 5.41) is 62.9. The first-order valence-electron chi connectivity index (χ1n) is 9.04. The van der Waals surface area contributed by atoms with Gasteiger partial charge in [0.15, 0.2) is 6.29 Å². The summed E-state index contributed by atoms with van der Waals surface area (Å²) >= 11 is 0. The van der Waals surface area contributed by atoms with E-state index in [-0.39, 0.29) is 6.42 Å². The lowest BCUT2D eigenvalue weighted by atomic mass is 9.88. The Morgan fingerprint density at radius 2 is 1.71 bits per heavy atom. The lowest BCUT2D eigenvalue weighted by Crippen LogP contribution is -2.55. The lowest BCUT2D eigenvalue weighted by Gasteiger charge is -2.40. The lowest BCUT2D eigenvalue weighted by molar-refractivity contribution is -0.267. The fourth-order valence-corrected chi connectivity index (χ4v) is 3.78. The molecule has 28 heavy (non-hydrogen) atoms. The number of carbonyl (C=O) groups excluding carboxylic acids is 2.